The highest BCUT2D eigenvalue weighted by molar-refractivity contribution is 7.83. The van der Waals surface area contributed by atoms with E-state index in [4.69, 9.17) is 0 Å². The maximum absolute atomic E-state index is 11.6. The molecule has 0 amide bonds. The Morgan fingerprint density at radius 3 is 2.76 bits per heavy atom. The lowest BCUT2D eigenvalue weighted by Crippen LogP contribution is -2.41. The van der Waals surface area contributed by atoms with Gasteiger partial charge in [0.1, 0.15) is 17.8 Å². The molecule has 3 aromatic rings. The van der Waals surface area contributed by atoms with Crippen molar-refractivity contribution in [3.8, 4) is 0 Å². The van der Waals surface area contributed by atoms with E-state index >= 15 is 0 Å². The highest BCUT2D eigenvalue weighted by atomic mass is 32.2. The molecule has 0 radical (unpaired) electrons. The zero-order valence-corrected chi connectivity index (χ0v) is 19.5. The summed E-state index contributed by atoms with van der Waals surface area (Å²) in [6.45, 7) is 2.21. The molecule has 2 aromatic heterocycles. The van der Waals surface area contributed by atoms with Crippen LogP contribution >= 0.6 is 0 Å². The van der Waals surface area contributed by atoms with Crippen LogP contribution in [0.3, 0.4) is 0 Å². The summed E-state index contributed by atoms with van der Waals surface area (Å²) in [5, 5.41) is 15.0. The summed E-state index contributed by atoms with van der Waals surface area (Å²) in [5.41, 5.74) is 3.42. The number of benzene rings is 1. The third-order valence-corrected chi connectivity index (χ3v) is 8.36. The third kappa shape index (κ3) is 3.90. The monoisotopic (exact) mass is 471 g/mol. The van der Waals surface area contributed by atoms with Gasteiger partial charge in [0.05, 0.1) is 23.6 Å². The fourth-order valence-corrected chi connectivity index (χ4v) is 6.11. The Morgan fingerprint density at radius 1 is 1.21 bits per heavy atom. The van der Waals surface area contributed by atoms with Crippen LogP contribution in [0.15, 0.2) is 42.9 Å². The molecular formula is C23H29N5O4S. The van der Waals surface area contributed by atoms with Crippen molar-refractivity contribution < 1.29 is 18.1 Å². The SMILES string of the molecule is CC[C@H]1Cc2ccccc2[C@H]1Nc1ncnc2c1ccn2[C@@H]1C[C@@H](O)[C@H](N(C)S(=O)(=O)O)C1. The largest absolute Gasteiger partial charge is 0.391 e. The molecule has 176 valence electrons. The van der Waals surface area contributed by atoms with Crippen LogP contribution in [-0.2, 0) is 16.7 Å². The van der Waals surface area contributed by atoms with Crippen LogP contribution in [0.4, 0.5) is 5.82 Å². The van der Waals surface area contributed by atoms with Crippen LogP contribution in [0.1, 0.15) is 49.4 Å². The van der Waals surface area contributed by atoms with Crippen molar-refractivity contribution in [2.75, 3.05) is 12.4 Å². The summed E-state index contributed by atoms with van der Waals surface area (Å²) in [4.78, 5) is 9.03. The molecule has 1 saturated carbocycles. The number of nitrogens with one attached hydrogen (secondary N) is 1. The van der Waals surface area contributed by atoms with Crippen LogP contribution in [-0.4, -0.2) is 56.1 Å². The highest BCUT2D eigenvalue weighted by Crippen LogP contribution is 2.41. The van der Waals surface area contributed by atoms with Crippen LogP contribution in [0.25, 0.3) is 11.0 Å². The first-order chi connectivity index (χ1) is 15.8. The maximum Gasteiger partial charge on any atom is 0.335 e. The fraction of sp³-hybridized carbons (Fsp3) is 0.478. The average Bonchev–Trinajstić information content (AvgIpc) is 3.48. The number of nitrogens with zero attached hydrogens (tertiary/aromatic N) is 4. The van der Waals surface area contributed by atoms with Crippen molar-refractivity contribution >= 4 is 27.2 Å². The Kier molecular flexibility index (Phi) is 5.64. The number of rotatable bonds is 6. The average molecular weight is 472 g/mol. The number of hydrogen-bond donors (Lipinski definition) is 3. The Labute approximate surface area is 193 Å². The van der Waals surface area contributed by atoms with E-state index < -0.39 is 22.4 Å². The minimum absolute atomic E-state index is 0.148. The van der Waals surface area contributed by atoms with Gasteiger partial charge in [0, 0.05) is 19.3 Å². The van der Waals surface area contributed by atoms with Gasteiger partial charge in [0.2, 0.25) is 0 Å². The summed E-state index contributed by atoms with van der Waals surface area (Å²) < 4.78 is 35.3. The molecule has 9 nitrogen and oxygen atoms in total. The van der Waals surface area contributed by atoms with Crippen molar-refractivity contribution in [2.45, 2.75) is 56.8 Å². The minimum atomic E-state index is -4.38. The zero-order valence-electron chi connectivity index (χ0n) is 18.7. The Balaban J connectivity index is 1.44. The second-order valence-corrected chi connectivity index (χ2v) is 10.6. The molecule has 2 aliphatic carbocycles. The molecule has 0 bridgehead atoms. The molecule has 0 unspecified atom stereocenters. The molecule has 3 N–H and O–H groups in total. The van der Waals surface area contributed by atoms with Crippen LogP contribution < -0.4 is 5.32 Å². The van der Waals surface area contributed by atoms with E-state index in [9.17, 15) is 18.1 Å². The van der Waals surface area contributed by atoms with Gasteiger partial charge in [-0.15, -0.1) is 0 Å². The Morgan fingerprint density at radius 2 is 2.00 bits per heavy atom. The fourth-order valence-electron chi connectivity index (χ4n) is 5.54. The Hall–Kier alpha value is -2.53. The van der Waals surface area contributed by atoms with Gasteiger partial charge in [-0.2, -0.15) is 12.7 Å². The lowest BCUT2D eigenvalue weighted by atomic mass is 9.98. The first kappa shape index (κ1) is 22.3. The molecule has 1 fully saturated rings. The van der Waals surface area contributed by atoms with E-state index in [-0.39, 0.29) is 12.1 Å². The first-order valence-electron chi connectivity index (χ1n) is 11.3. The molecule has 10 heteroatoms. The minimum Gasteiger partial charge on any atom is -0.391 e. The molecule has 1 aromatic carbocycles. The third-order valence-electron chi connectivity index (χ3n) is 7.37. The number of hydrogen-bond acceptors (Lipinski definition) is 6. The maximum atomic E-state index is 11.6. The van der Waals surface area contributed by atoms with E-state index in [0.29, 0.717) is 18.8 Å². The lowest BCUT2D eigenvalue weighted by molar-refractivity contribution is 0.117. The lowest BCUT2D eigenvalue weighted by Gasteiger charge is -2.23. The topological polar surface area (TPSA) is 121 Å². The predicted octanol–water partition coefficient (Wildman–Crippen LogP) is 2.97. The summed E-state index contributed by atoms with van der Waals surface area (Å²) >= 11 is 0. The predicted molar refractivity (Wildman–Crippen MR) is 125 cm³/mol. The first-order valence-corrected chi connectivity index (χ1v) is 12.7. The van der Waals surface area contributed by atoms with E-state index in [0.717, 1.165) is 34.0 Å². The molecule has 33 heavy (non-hydrogen) atoms. The second-order valence-electron chi connectivity index (χ2n) is 9.13. The van der Waals surface area contributed by atoms with Gasteiger partial charge in [-0.25, -0.2) is 9.97 Å². The van der Waals surface area contributed by atoms with Crippen molar-refractivity contribution in [1.82, 2.24) is 18.8 Å². The highest BCUT2D eigenvalue weighted by Gasteiger charge is 2.40. The smallest absolute Gasteiger partial charge is 0.335 e. The summed E-state index contributed by atoms with van der Waals surface area (Å²) in [5.74, 6) is 1.25. The van der Waals surface area contributed by atoms with Gasteiger partial charge in [-0.1, -0.05) is 37.6 Å². The van der Waals surface area contributed by atoms with E-state index in [1.165, 1.54) is 24.5 Å². The number of aromatic nitrogens is 3. The van der Waals surface area contributed by atoms with Gasteiger partial charge >= 0.3 is 10.3 Å². The molecule has 2 heterocycles. The number of aliphatic hydroxyl groups excluding tert-OH is 1. The normalized spacial score (nSPS) is 27.4. The summed E-state index contributed by atoms with van der Waals surface area (Å²) in [6, 6.07) is 9.82. The quantitative estimate of drug-likeness (QED) is 0.473. The van der Waals surface area contributed by atoms with Crippen LogP contribution in [0, 0.1) is 5.92 Å². The van der Waals surface area contributed by atoms with Crippen LogP contribution in [0.2, 0.25) is 0 Å². The van der Waals surface area contributed by atoms with Crippen LogP contribution in [0.5, 0.6) is 0 Å². The number of anilines is 1. The van der Waals surface area contributed by atoms with Gasteiger partial charge in [-0.3, -0.25) is 4.55 Å². The number of fused-ring (bicyclic) bond motifs is 2. The van der Waals surface area contributed by atoms with E-state index in [1.807, 2.05) is 16.8 Å². The van der Waals surface area contributed by atoms with Gasteiger partial charge in [-0.05, 0) is 42.4 Å². The second kappa shape index (κ2) is 8.35. The molecule has 2 aliphatic rings. The zero-order chi connectivity index (χ0) is 23.3. The van der Waals surface area contributed by atoms with Crippen molar-refractivity contribution in [3.63, 3.8) is 0 Å². The molecule has 0 spiro atoms. The van der Waals surface area contributed by atoms with Gasteiger partial charge in [0.25, 0.3) is 0 Å². The molecule has 0 saturated heterocycles. The van der Waals surface area contributed by atoms with E-state index in [1.54, 1.807) is 0 Å². The molecule has 5 rings (SSSR count). The van der Waals surface area contributed by atoms with Crippen molar-refractivity contribution in [1.29, 1.82) is 0 Å². The van der Waals surface area contributed by atoms with Crippen molar-refractivity contribution in [3.05, 3.63) is 54.0 Å². The Bertz CT molecular complexity index is 1280. The van der Waals surface area contributed by atoms with Gasteiger partial charge < -0.3 is 15.0 Å². The molecule has 0 aliphatic heterocycles. The van der Waals surface area contributed by atoms with Crippen molar-refractivity contribution in [2.24, 2.45) is 5.92 Å². The summed E-state index contributed by atoms with van der Waals surface area (Å²) in [6.07, 6.45) is 5.43. The summed E-state index contributed by atoms with van der Waals surface area (Å²) in [7, 11) is -3.09. The number of aliphatic hydroxyl groups is 1. The molecule has 5 atom stereocenters. The standard InChI is InChI=1S/C23H29N5O4S/c1-3-14-10-15-6-4-5-7-17(15)21(14)26-22-18-8-9-28(23(18)25-13-24-22)16-11-19(20(29)12-16)27(2)33(30,31)32/h4-9,13-14,16,19-21,29H,3,10-12H2,1-2H3,(H,24,25,26)(H,30,31,32)/t14-,16-,19+,20+,21-/m0/s1. The van der Waals surface area contributed by atoms with E-state index in [2.05, 4.69) is 46.5 Å². The molecular weight excluding hydrogens is 442 g/mol. The number of likely N-dealkylation sites (N-methyl/N-ethyl adjacent to an activating group) is 1. The van der Waals surface area contributed by atoms with Gasteiger partial charge in [0.15, 0.2) is 0 Å².